The number of carbonyl (C=O) groups is 1. The minimum Gasteiger partial charge on any atom is -0.486 e. The number of carbonyl (C=O) groups excluding carboxylic acids is 1. The molecule has 2 aromatic heterocycles. The molecule has 0 atom stereocenters. The quantitative estimate of drug-likeness (QED) is 0.459. The highest BCUT2D eigenvalue weighted by atomic mass is 32.1. The van der Waals surface area contributed by atoms with Crippen molar-refractivity contribution in [1.82, 2.24) is 14.8 Å². The van der Waals surface area contributed by atoms with Crippen LogP contribution in [0.3, 0.4) is 0 Å². The van der Waals surface area contributed by atoms with Gasteiger partial charge in [0, 0.05) is 11.4 Å². The fourth-order valence-corrected chi connectivity index (χ4v) is 3.65. The van der Waals surface area contributed by atoms with Gasteiger partial charge in [0.1, 0.15) is 23.2 Å². The molecule has 2 heterocycles. The first-order chi connectivity index (χ1) is 14.7. The first-order valence-corrected chi connectivity index (χ1v) is 10.5. The summed E-state index contributed by atoms with van der Waals surface area (Å²) in [6.07, 6.45) is 1.89. The van der Waals surface area contributed by atoms with Gasteiger partial charge in [0.15, 0.2) is 0 Å². The van der Waals surface area contributed by atoms with Crippen LogP contribution in [0.25, 0.3) is 0 Å². The lowest BCUT2D eigenvalue weighted by atomic mass is 10.2. The van der Waals surface area contributed by atoms with Crippen molar-refractivity contribution in [2.24, 2.45) is 0 Å². The van der Waals surface area contributed by atoms with Crippen molar-refractivity contribution in [3.63, 3.8) is 0 Å². The summed E-state index contributed by atoms with van der Waals surface area (Å²) < 4.78 is 7.53. The molecule has 0 saturated carbocycles. The number of hydrogen-bond acceptors (Lipinski definition) is 5. The Morgan fingerprint density at radius 1 is 1.10 bits per heavy atom. The standard InChI is InChI=1S/C23H22N4O2S/c1-17-7-9-20(10-8-17)29-15-23-25-19(16-30-23)13-22(28)26-21-11-12-24-27(21)14-18-5-3-2-4-6-18/h2-12,16H,13-15H2,1H3,(H,26,28). The van der Waals surface area contributed by atoms with Crippen LogP contribution in [0.5, 0.6) is 5.75 Å². The topological polar surface area (TPSA) is 69.0 Å². The van der Waals surface area contributed by atoms with Crippen LogP contribution in [-0.2, 0) is 24.4 Å². The molecule has 6 nitrogen and oxygen atoms in total. The molecule has 0 unspecified atom stereocenters. The zero-order chi connectivity index (χ0) is 20.8. The molecule has 0 aliphatic rings. The van der Waals surface area contributed by atoms with Crippen LogP contribution >= 0.6 is 11.3 Å². The number of rotatable bonds is 8. The fraction of sp³-hybridized carbons (Fsp3) is 0.174. The van der Waals surface area contributed by atoms with E-state index in [-0.39, 0.29) is 12.3 Å². The van der Waals surface area contributed by atoms with Crippen LogP contribution in [0.15, 0.2) is 72.2 Å². The van der Waals surface area contributed by atoms with E-state index in [1.807, 2.05) is 66.9 Å². The van der Waals surface area contributed by atoms with E-state index < -0.39 is 0 Å². The molecule has 0 spiro atoms. The van der Waals surface area contributed by atoms with E-state index in [2.05, 4.69) is 15.4 Å². The maximum absolute atomic E-state index is 12.5. The van der Waals surface area contributed by atoms with Gasteiger partial charge in [-0.25, -0.2) is 9.67 Å². The van der Waals surface area contributed by atoms with E-state index >= 15 is 0 Å². The van der Waals surface area contributed by atoms with E-state index in [1.54, 1.807) is 16.9 Å². The summed E-state index contributed by atoms with van der Waals surface area (Å²) in [5.41, 5.74) is 3.04. The maximum atomic E-state index is 12.5. The average molecular weight is 419 g/mol. The first kappa shape index (κ1) is 19.8. The summed E-state index contributed by atoms with van der Waals surface area (Å²) in [5, 5.41) is 9.97. The summed E-state index contributed by atoms with van der Waals surface area (Å²) in [5.74, 6) is 1.35. The van der Waals surface area contributed by atoms with Gasteiger partial charge in [-0.15, -0.1) is 11.3 Å². The Morgan fingerprint density at radius 3 is 2.70 bits per heavy atom. The van der Waals surface area contributed by atoms with Crippen LogP contribution in [0, 0.1) is 6.92 Å². The molecule has 0 aliphatic carbocycles. The molecule has 0 bridgehead atoms. The Kier molecular flexibility index (Phi) is 6.20. The third-order valence-electron chi connectivity index (χ3n) is 4.48. The maximum Gasteiger partial charge on any atom is 0.231 e. The third kappa shape index (κ3) is 5.33. The van der Waals surface area contributed by atoms with E-state index in [0.29, 0.717) is 19.0 Å². The number of hydrogen-bond donors (Lipinski definition) is 1. The number of benzene rings is 2. The number of nitrogens with one attached hydrogen (secondary N) is 1. The number of anilines is 1. The largest absolute Gasteiger partial charge is 0.486 e. The molecular weight excluding hydrogens is 396 g/mol. The van der Waals surface area contributed by atoms with Crippen LogP contribution < -0.4 is 10.1 Å². The van der Waals surface area contributed by atoms with E-state index in [0.717, 1.165) is 22.0 Å². The molecule has 0 radical (unpaired) electrons. The van der Waals surface area contributed by atoms with Crippen molar-refractivity contribution < 1.29 is 9.53 Å². The van der Waals surface area contributed by atoms with Gasteiger partial charge in [0.25, 0.3) is 0 Å². The number of amides is 1. The molecule has 0 fully saturated rings. The summed E-state index contributed by atoms with van der Waals surface area (Å²) in [6, 6.07) is 19.7. The molecule has 0 aliphatic heterocycles. The third-order valence-corrected chi connectivity index (χ3v) is 5.35. The van der Waals surface area contributed by atoms with Crippen molar-refractivity contribution in [3.05, 3.63) is 94.1 Å². The monoisotopic (exact) mass is 418 g/mol. The Bertz CT molecular complexity index is 1100. The molecule has 152 valence electrons. The number of ether oxygens (including phenoxy) is 1. The van der Waals surface area contributed by atoms with Gasteiger partial charge in [0.2, 0.25) is 5.91 Å². The summed E-state index contributed by atoms with van der Waals surface area (Å²) >= 11 is 1.49. The lowest BCUT2D eigenvalue weighted by Gasteiger charge is -2.08. The van der Waals surface area contributed by atoms with Crippen LogP contribution in [0.1, 0.15) is 21.8 Å². The molecule has 7 heteroatoms. The SMILES string of the molecule is Cc1ccc(OCc2nc(CC(=O)Nc3ccnn3Cc3ccccc3)cs2)cc1. The van der Waals surface area contributed by atoms with Crippen molar-refractivity contribution in [1.29, 1.82) is 0 Å². The molecule has 1 amide bonds. The van der Waals surface area contributed by atoms with Crippen molar-refractivity contribution in [2.45, 2.75) is 26.5 Å². The van der Waals surface area contributed by atoms with Gasteiger partial charge in [-0.3, -0.25) is 4.79 Å². The highest BCUT2D eigenvalue weighted by Crippen LogP contribution is 2.17. The second-order valence-electron chi connectivity index (χ2n) is 6.92. The Hall–Kier alpha value is -3.45. The van der Waals surface area contributed by atoms with Crippen molar-refractivity contribution in [3.8, 4) is 5.75 Å². The number of aromatic nitrogens is 3. The molecule has 2 aromatic carbocycles. The van der Waals surface area contributed by atoms with Gasteiger partial charge >= 0.3 is 0 Å². The van der Waals surface area contributed by atoms with Gasteiger partial charge in [0.05, 0.1) is 24.9 Å². The Balaban J connectivity index is 1.31. The minimum absolute atomic E-state index is 0.124. The Morgan fingerprint density at radius 2 is 1.90 bits per heavy atom. The zero-order valence-electron chi connectivity index (χ0n) is 16.6. The summed E-state index contributed by atoms with van der Waals surface area (Å²) in [6.45, 7) is 3.02. The number of nitrogens with zero attached hydrogens (tertiary/aromatic N) is 3. The van der Waals surface area contributed by atoms with E-state index in [9.17, 15) is 4.79 Å². The van der Waals surface area contributed by atoms with Gasteiger partial charge in [-0.1, -0.05) is 48.0 Å². The van der Waals surface area contributed by atoms with Crippen LogP contribution in [0.2, 0.25) is 0 Å². The smallest absolute Gasteiger partial charge is 0.231 e. The van der Waals surface area contributed by atoms with Gasteiger partial charge in [-0.05, 0) is 24.6 Å². The molecular formula is C23H22N4O2S. The van der Waals surface area contributed by atoms with E-state index in [1.165, 1.54) is 16.9 Å². The number of aryl methyl sites for hydroxylation is 1. The van der Waals surface area contributed by atoms with Crippen LogP contribution in [0.4, 0.5) is 5.82 Å². The normalized spacial score (nSPS) is 10.7. The lowest BCUT2D eigenvalue weighted by molar-refractivity contribution is -0.115. The minimum atomic E-state index is -0.124. The van der Waals surface area contributed by atoms with Gasteiger partial charge in [-0.2, -0.15) is 5.10 Å². The molecule has 1 N–H and O–H groups in total. The molecule has 4 rings (SSSR count). The second-order valence-corrected chi connectivity index (χ2v) is 7.86. The predicted molar refractivity (Wildman–Crippen MR) is 118 cm³/mol. The summed E-state index contributed by atoms with van der Waals surface area (Å²) in [7, 11) is 0. The number of thiazole rings is 1. The van der Waals surface area contributed by atoms with E-state index in [4.69, 9.17) is 4.74 Å². The highest BCUT2D eigenvalue weighted by molar-refractivity contribution is 7.09. The van der Waals surface area contributed by atoms with Crippen LogP contribution in [-0.4, -0.2) is 20.7 Å². The predicted octanol–water partition coefficient (Wildman–Crippen LogP) is 4.46. The Labute approximate surface area is 179 Å². The molecule has 30 heavy (non-hydrogen) atoms. The molecule has 0 saturated heterocycles. The molecule has 4 aromatic rings. The lowest BCUT2D eigenvalue weighted by Crippen LogP contribution is -2.18. The van der Waals surface area contributed by atoms with Crippen molar-refractivity contribution in [2.75, 3.05) is 5.32 Å². The average Bonchev–Trinajstić information content (AvgIpc) is 3.38. The first-order valence-electron chi connectivity index (χ1n) is 9.64. The highest BCUT2D eigenvalue weighted by Gasteiger charge is 2.11. The second kappa shape index (κ2) is 9.37. The van der Waals surface area contributed by atoms with Crippen molar-refractivity contribution >= 4 is 23.1 Å². The zero-order valence-corrected chi connectivity index (χ0v) is 17.4. The van der Waals surface area contributed by atoms with Gasteiger partial charge < -0.3 is 10.1 Å². The fourth-order valence-electron chi connectivity index (χ4n) is 2.95. The summed E-state index contributed by atoms with van der Waals surface area (Å²) in [4.78, 5) is 17.0.